The smallest absolute Gasteiger partial charge is 0.333 e. The van der Waals surface area contributed by atoms with E-state index in [2.05, 4.69) is 27.4 Å². The minimum atomic E-state index is -0.668. The van der Waals surface area contributed by atoms with Gasteiger partial charge in [-0.15, -0.1) is 5.92 Å². The molecule has 0 spiro atoms. The third-order valence-corrected chi connectivity index (χ3v) is 5.30. The highest BCUT2D eigenvalue weighted by atomic mass is 16.2. The van der Waals surface area contributed by atoms with Crippen molar-refractivity contribution in [2.45, 2.75) is 25.9 Å². The normalized spacial score (nSPS) is 19.6. The van der Waals surface area contributed by atoms with E-state index in [4.69, 9.17) is 4.98 Å². The maximum Gasteiger partial charge on any atom is 0.333 e. The standard InChI is InChI=1S/C18H23N7O3/c1-3-4-9-24-13-14(21-17(24)23-10-7-19-8-11-23)25(12-5-6-20-15(12)26)18(28)22(2)16(13)27/h12,19H,5-11H2,1-2H3,(H,20,26). The van der Waals surface area contributed by atoms with E-state index in [9.17, 15) is 14.4 Å². The zero-order valence-corrected chi connectivity index (χ0v) is 16.0. The largest absolute Gasteiger partial charge is 0.354 e. The lowest BCUT2D eigenvalue weighted by atomic mass is 10.2. The Labute approximate surface area is 161 Å². The number of aromatic nitrogens is 4. The number of rotatable bonds is 3. The molecular weight excluding hydrogens is 362 g/mol. The maximum absolute atomic E-state index is 13.0. The van der Waals surface area contributed by atoms with Crippen molar-refractivity contribution < 1.29 is 4.79 Å². The monoisotopic (exact) mass is 385 g/mol. The summed E-state index contributed by atoms with van der Waals surface area (Å²) in [7, 11) is 1.43. The van der Waals surface area contributed by atoms with Gasteiger partial charge in [0.2, 0.25) is 11.9 Å². The van der Waals surface area contributed by atoms with Crippen molar-refractivity contribution in [2.75, 3.05) is 37.6 Å². The van der Waals surface area contributed by atoms with Crippen LogP contribution in [0.3, 0.4) is 0 Å². The van der Waals surface area contributed by atoms with Crippen molar-refractivity contribution in [1.29, 1.82) is 0 Å². The van der Waals surface area contributed by atoms with E-state index in [1.165, 1.54) is 11.6 Å². The third-order valence-electron chi connectivity index (χ3n) is 5.30. The summed E-state index contributed by atoms with van der Waals surface area (Å²) in [6, 6.07) is -0.668. The molecule has 28 heavy (non-hydrogen) atoms. The summed E-state index contributed by atoms with van der Waals surface area (Å²) in [6.45, 7) is 5.59. The summed E-state index contributed by atoms with van der Waals surface area (Å²) in [6.07, 6.45) is 0.483. The molecule has 1 amide bonds. The van der Waals surface area contributed by atoms with Gasteiger partial charge < -0.3 is 15.5 Å². The van der Waals surface area contributed by atoms with Crippen molar-refractivity contribution in [3.05, 3.63) is 20.8 Å². The molecule has 2 fully saturated rings. The van der Waals surface area contributed by atoms with Gasteiger partial charge in [0.1, 0.15) is 6.04 Å². The van der Waals surface area contributed by atoms with Gasteiger partial charge in [0, 0.05) is 39.8 Å². The zero-order chi connectivity index (χ0) is 19.8. The first kappa shape index (κ1) is 18.3. The van der Waals surface area contributed by atoms with Gasteiger partial charge in [0.05, 0.1) is 6.54 Å². The first-order valence-corrected chi connectivity index (χ1v) is 9.39. The molecule has 2 aromatic heterocycles. The van der Waals surface area contributed by atoms with E-state index in [0.29, 0.717) is 24.4 Å². The molecule has 2 N–H and O–H groups in total. The van der Waals surface area contributed by atoms with Crippen LogP contribution in [0.5, 0.6) is 0 Å². The zero-order valence-electron chi connectivity index (χ0n) is 16.0. The van der Waals surface area contributed by atoms with Crippen LogP contribution in [0, 0.1) is 11.8 Å². The van der Waals surface area contributed by atoms with Gasteiger partial charge in [-0.25, -0.2) is 4.79 Å². The first-order valence-electron chi connectivity index (χ1n) is 9.39. The highest BCUT2D eigenvalue weighted by molar-refractivity contribution is 5.84. The number of amides is 1. The molecule has 0 bridgehead atoms. The fraction of sp³-hybridized carbons (Fsp3) is 0.556. The molecule has 2 aliphatic rings. The molecule has 4 heterocycles. The van der Waals surface area contributed by atoms with Crippen molar-refractivity contribution in [3.8, 4) is 11.8 Å². The number of hydrogen-bond donors (Lipinski definition) is 2. The van der Waals surface area contributed by atoms with Crippen LogP contribution < -0.4 is 26.8 Å². The molecule has 2 aliphatic heterocycles. The third kappa shape index (κ3) is 2.79. The van der Waals surface area contributed by atoms with Crippen LogP contribution in [0.25, 0.3) is 11.2 Å². The van der Waals surface area contributed by atoms with Gasteiger partial charge >= 0.3 is 5.69 Å². The second kappa shape index (κ2) is 7.16. The lowest BCUT2D eigenvalue weighted by Gasteiger charge is -2.28. The number of nitrogens with one attached hydrogen (secondary N) is 2. The van der Waals surface area contributed by atoms with Crippen LogP contribution in [0.4, 0.5) is 5.95 Å². The molecule has 0 radical (unpaired) electrons. The van der Waals surface area contributed by atoms with Gasteiger partial charge in [0.15, 0.2) is 11.2 Å². The Hall–Kier alpha value is -3.06. The summed E-state index contributed by atoms with van der Waals surface area (Å²) < 4.78 is 4.18. The van der Waals surface area contributed by atoms with Gasteiger partial charge in [-0.3, -0.25) is 23.3 Å². The molecule has 0 saturated carbocycles. The Morgan fingerprint density at radius 1 is 1.18 bits per heavy atom. The lowest BCUT2D eigenvalue weighted by Crippen LogP contribution is -2.44. The number of anilines is 1. The van der Waals surface area contributed by atoms with Gasteiger partial charge in [0.25, 0.3) is 5.56 Å². The van der Waals surface area contributed by atoms with E-state index < -0.39 is 17.3 Å². The van der Waals surface area contributed by atoms with E-state index in [1.807, 2.05) is 0 Å². The Morgan fingerprint density at radius 3 is 2.57 bits per heavy atom. The summed E-state index contributed by atoms with van der Waals surface area (Å²) in [4.78, 5) is 45.0. The second-order valence-electron chi connectivity index (χ2n) is 6.95. The van der Waals surface area contributed by atoms with Crippen LogP contribution in [0.15, 0.2) is 9.59 Å². The summed E-state index contributed by atoms with van der Waals surface area (Å²) in [5, 5.41) is 6.04. The van der Waals surface area contributed by atoms with Crippen LogP contribution in [0.1, 0.15) is 19.4 Å². The number of carbonyl (C=O) groups is 1. The Kier molecular flexibility index (Phi) is 4.68. The van der Waals surface area contributed by atoms with E-state index in [-0.39, 0.29) is 18.1 Å². The molecule has 2 aromatic rings. The van der Waals surface area contributed by atoms with Crippen LogP contribution >= 0.6 is 0 Å². The molecule has 10 nitrogen and oxygen atoms in total. The van der Waals surface area contributed by atoms with Gasteiger partial charge in [-0.05, 0) is 13.3 Å². The Bertz CT molecular complexity index is 1110. The molecule has 4 rings (SSSR count). The Morgan fingerprint density at radius 2 is 1.93 bits per heavy atom. The summed E-state index contributed by atoms with van der Waals surface area (Å²) in [5.74, 6) is 6.23. The summed E-state index contributed by atoms with van der Waals surface area (Å²) >= 11 is 0. The fourth-order valence-electron chi connectivity index (χ4n) is 3.83. The molecule has 0 aliphatic carbocycles. The maximum atomic E-state index is 13.0. The number of carbonyl (C=O) groups excluding carboxylic acids is 1. The number of piperazine rings is 1. The quantitative estimate of drug-likeness (QED) is 0.616. The number of nitrogens with zero attached hydrogens (tertiary/aromatic N) is 5. The average molecular weight is 385 g/mol. The molecule has 2 saturated heterocycles. The summed E-state index contributed by atoms with van der Waals surface area (Å²) in [5.41, 5.74) is -0.404. The molecule has 148 valence electrons. The van der Waals surface area contributed by atoms with Crippen molar-refractivity contribution >= 4 is 23.0 Å². The van der Waals surface area contributed by atoms with Crippen LogP contribution in [-0.4, -0.2) is 57.3 Å². The first-order chi connectivity index (χ1) is 13.5. The van der Waals surface area contributed by atoms with Crippen molar-refractivity contribution in [1.82, 2.24) is 29.3 Å². The number of imidazole rings is 1. The van der Waals surface area contributed by atoms with E-state index >= 15 is 0 Å². The topological polar surface area (TPSA) is 106 Å². The minimum absolute atomic E-state index is 0.228. The minimum Gasteiger partial charge on any atom is -0.354 e. The molecule has 0 aromatic carbocycles. The number of fused-ring (bicyclic) bond motifs is 1. The van der Waals surface area contributed by atoms with Gasteiger partial charge in [-0.2, -0.15) is 4.98 Å². The van der Waals surface area contributed by atoms with E-state index in [0.717, 1.165) is 30.7 Å². The molecule has 1 atom stereocenters. The SMILES string of the molecule is CC#CCn1c(N2CCNCC2)nc2c1c(=O)n(C)c(=O)n2C1CCNC1=O. The molecule has 1 unspecified atom stereocenters. The number of hydrogen-bond acceptors (Lipinski definition) is 6. The van der Waals surface area contributed by atoms with Crippen molar-refractivity contribution in [3.63, 3.8) is 0 Å². The van der Waals surface area contributed by atoms with Crippen LogP contribution in [-0.2, 0) is 18.4 Å². The highest BCUT2D eigenvalue weighted by Gasteiger charge is 2.32. The highest BCUT2D eigenvalue weighted by Crippen LogP contribution is 2.24. The van der Waals surface area contributed by atoms with Gasteiger partial charge in [-0.1, -0.05) is 5.92 Å². The lowest BCUT2D eigenvalue weighted by molar-refractivity contribution is -0.121. The molecular formula is C18H23N7O3. The molecule has 10 heteroatoms. The van der Waals surface area contributed by atoms with Crippen molar-refractivity contribution in [2.24, 2.45) is 7.05 Å². The predicted molar refractivity (Wildman–Crippen MR) is 104 cm³/mol. The Balaban J connectivity index is 2.03. The predicted octanol–water partition coefficient (Wildman–Crippen LogP) is -1.61. The van der Waals surface area contributed by atoms with E-state index in [1.54, 1.807) is 11.5 Å². The average Bonchev–Trinajstić information content (AvgIpc) is 3.29. The fourth-order valence-corrected chi connectivity index (χ4v) is 3.83. The second-order valence-corrected chi connectivity index (χ2v) is 6.95. The van der Waals surface area contributed by atoms with Crippen LogP contribution in [0.2, 0.25) is 0 Å².